The quantitative estimate of drug-likeness (QED) is 0.0931. The predicted octanol–water partition coefficient (Wildman–Crippen LogP) is 34.7. The van der Waals surface area contributed by atoms with Gasteiger partial charge in [-0.2, -0.15) is 0 Å². The second-order valence-electron chi connectivity index (χ2n) is 50.5. The van der Waals surface area contributed by atoms with Crippen LogP contribution in [0.5, 0.6) is 86.2 Å². The van der Waals surface area contributed by atoms with Crippen LogP contribution < -0.4 is 33.2 Å². The number of fused-ring (bicyclic) bond motifs is 20. The maximum atomic E-state index is 10.9. The van der Waals surface area contributed by atoms with Crippen molar-refractivity contribution in [3.05, 3.63) is 255 Å². The number of nitrogens with zero attached hydrogens (tertiary/aromatic N) is 6. The summed E-state index contributed by atoms with van der Waals surface area (Å²) in [5.41, 5.74) is 14.1. The second-order valence-corrected chi connectivity index (χ2v) is 50.5. The Bertz CT molecular complexity index is 7170. The van der Waals surface area contributed by atoms with Crippen LogP contribution in [0.4, 0.5) is 0 Å². The van der Waals surface area contributed by atoms with E-state index in [-0.39, 0.29) is 82.4 Å². The number of phenolic OH excluding ortho intramolecular Hbond substituents is 1. The molecule has 14 aromatic rings. The summed E-state index contributed by atoms with van der Waals surface area (Å²) in [6.07, 6.45) is 0. The second kappa shape index (κ2) is 34.4. The minimum Gasteiger partial charge on any atom is -0.508 e. The number of aromatic nitrogens is 8. The summed E-state index contributed by atoms with van der Waals surface area (Å²) in [6.45, 7) is 80.3. The summed E-state index contributed by atoms with van der Waals surface area (Å²) in [7, 11) is 0. The van der Waals surface area contributed by atoms with Crippen molar-refractivity contribution in [2.75, 3.05) is 0 Å². The van der Waals surface area contributed by atoms with Gasteiger partial charge in [0.05, 0.1) is 0 Å². The fourth-order valence-corrected chi connectivity index (χ4v) is 16.9. The van der Waals surface area contributed by atoms with Crippen molar-refractivity contribution >= 4 is 44.1 Å². The van der Waals surface area contributed by atoms with E-state index in [4.69, 9.17) is 63.1 Å². The molecule has 0 unspecified atom stereocenters. The first-order chi connectivity index (χ1) is 63.7. The van der Waals surface area contributed by atoms with Crippen LogP contribution in [0.2, 0.25) is 0 Å². The Kier molecular flexibility index (Phi) is 24.5. The van der Waals surface area contributed by atoms with E-state index in [1.54, 1.807) is 24.3 Å². The van der Waals surface area contributed by atoms with Gasteiger partial charge in [0.1, 0.15) is 74.3 Å². The van der Waals surface area contributed by atoms with E-state index < -0.39 is 0 Å². The Morgan fingerprint density at radius 1 is 0.181 bits per heavy atom. The molecule has 0 saturated heterocycles. The molecule has 8 bridgehead atoms. The van der Waals surface area contributed by atoms with Crippen molar-refractivity contribution in [1.82, 2.24) is 39.9 Å². The van der Waals surface area contributed by atoms with Crippen LogP contribution in [-0.2, 0) is 65.0 Å². The fraction of sp³-hybridized carbons (Fsp3) is 0.393. The Morgan fingerprint density at radius 2 is 0.377 bits per heavy atom. The molecule has 0 amide bonds. The first kappa shape index (κ1) is 98.2. The van der Waals surface area contributed by atoms with Crippen LogP contribution in [0.25, 0.3) is 89.7 Å². The van der Waals surface area contributed by atoms with E-state index >= 15 is 0 Å². The highest BCUT2D eigenvalue weighted by Gasteiger charge is 2.35. The number of aromatic amines is 2. The average molecular weight is 1850 g/mol. The molecule has 718 valence electrons. The highest BCUT2D eigenvalue weighted by molar-refractivity contribution is 6.08. The van der Waals surface area contributed by atoms with Gasteiger partial charge in [0, 0.05) is 49.9 Å². The molecule has 0 atom stereocenters. The third kappa shape index (κ3) is 21.2. The van der Waals surface area contributed by atoms with E-state index in [9.17, 15) is 5.11 Å². The van der Waals surface area contributed by atoms with Crippen molar-refractivity contribution in [1.29, 1.82) is 0 Å². The number of phenols is 1. The van der Waals surface area contributed by atoms with Gasteiger partial charge in [-0.15, -0.1) is 0 Å². The lowest BCUT2D eigenvalue weighted by Gasteiger charge is -2.27. The Hall–Kier alpha value is -12.8. The van der Waals surface area contributed by atoms with Gasteiger partial charge >= 0.3 is 0 Å². The number of nitrogens with one attached hydrogen (secondary N) is 2. The van der Waals surface area contributed by atoms with Crippen LogP contribution in [0.15, 0.2) is 188 Å². The van der Waals surface area contributed by atoms with Crippen LogP contribution in [0, 0.1) is 0 Å². The largest absolute Gasteiger partial charge is 0.508 e. The van der Waals surface area contributed by atoms with Crippen LogP contribution in [0.1, 0.15) is 316 Å². The summed E-state index contributed by atoms with van der Waals surface area (Å²) in [5.74, 6) is 8.34. The number of aromatic hydroxyl groups is 1. The summed E-state index contributed by atoms with van der Waals surface area (Å²) >= 11 is 0. The zero-order valence-corrected chi connectivity index (χ0v) is 88.4. The number of hydrogen-bond donors (Lipinski definition) is 3. The number of benzene rings is 11. The Labute approximate surface area is 818 Å². The van der Waals surface area contributed by atoms with Gasteiger partial charge in [0.25, 0.3) is 0 Å². The number of rotatable bonds is 14. The maximum Gasteiger partial charge on any atom is 0.170 e. The van der Waals surface area contributed by atoms with E-state index in [1.807, 2.05) is 54.6 Å². The molecular formula is C122H142N8O8. The lowest BCUT2D eigenvalue weighted by molar-refractivity contribution is 0.414. The standard InChI is InChI=1S/C122H142N8O8/c1-111(2,3)68-42-69(112(4,5)6)49-83(48-68)133-97-62-91-92(63-98(97)134-84-50-70(113(7,8)9)43-71(51-84)114(10,11)12)107-126-105(91)124-103-89-41-40-82(132-81-39-37-38-80(131)60-81)61-90(89)104(123-103)125-106-93-64-99(135-85-52-72(115(13,14)15)44-73(53-85)116(16,17)18)100(136-86-54-74(117(19,20)21)45-75(55-86)118(22,23)24)65-94(93)108(127-106)129-110-96-67-102(138-88-58-78(121(31,32)33)47-79(59-88)122(34,35)36)101(66-95(96)109(128-107)130-110)137-87-56-76(119(25,26)27)46-77(57-87)120(28,29)30/h37-67,131H,1-36H3,(H2,123,124,125,126,127,128,129,130). The maximum absolute atomic E-state index is 10.9. The van der Waals surface area contributed by atoms with Crippen LogP contribution in [-0.4, -0.2) is 45.0 Å². The first-order valence-corrected chi connectivity index (χ1v) is 48.7. The molecule has 16 rings (SSSR count). The van der Waals surface area contributed by atoms with Crippen molar-refractivity contribution in [3.63, 3.8) is 0 Å². The number of hydrogen-bond acceptors (Lipinski definition) is 14. The molecule has 3 N–H and O–H groups in total. The van der Waals surface area contributed by atoms with Gasteiger partial charge < -0.3 is 48.2 Å². The lowest BCUT2D eigenvalue weighted by Crippen LogP contribution is -2.16. The molecule has 2 aliphatic rings. The van der Waals surface area contributed by atoms with E-state index in [0.29, 0.717) is 159 Å². The molecule has 0 radical (unpaired) electrons. The van der Waals surface area contributed by atoms with Crippen molar-refractivity contribution in [3.8, 4) is 132 Å². The number of H-pyrrole nitrogens is 2. The zero-order chi connectivity index (χ0) is 100. The van der Waals surface area contributed by atoms with Crippen molar-refractivity contribution in [2.45, 2.75) is 314 Å². The van der Waals surface area contributed by atoms with Crippen molar-refractivity contribution < 1.29 is 38.3 Å². The molecule has 0 saturated carbocycles. The van der Waals surface area contributed by atoms with E-state index in [2.05, 4.69) is 368 Å². The molecule has 11 aromatic carbocycles. The highest BCUT2D eigenvalue weighted by atomic mass is 16.5. The van der Waals surface area contributed by atoms with Gasteiger partial charge in [-0.1, -0.05) is 292 Å². The smallest absolute Gasteiger partial charge is 0.170 e. The molecule has 0 fully saturated rings. The summed E-state index contributed by atoms with van der Waals surface area (Å²) in [6, 6.07) is 64.0. The molecule has 0 aliphatic carbocycles. The summed E-state index contributed by atoms with van der Waals surface area (Å²) in [5, 5.41) is 13.3. The summed E-state index contributed by atoms with van der Waals surface area (Å²) in [4.78, 5) is 42.2. The van der Waals surface area contributed by atoms with Crippen molar-refractivity contribution in [2.24, 2.45) is 0 Å². The number of ether oxygens (including phenoxy) is 7. The summed E-state index contributed by atoms with van der Waals surface area (Å²) < 4.78 is 51.9. The van der Waals surface area contributed by atoms with E-state index in [1.165, 1.54) is 0 Å². The molecule has 138 heavy (non-hydrogen) atoms. The predicted molar refractivity (Wildman–Crippen MR) is 568 cm³/mol. The third-order valence-electron chi connectivity index (χ3n) is 26.2. The molecular weight excluding hydrogens is 1710 g/mol. The fourth-order valence-electron chi connectivity index (χ4n) is 16.9. The Balaban J connectivity index is 1.08. The molecule has 16 nitrogen and oxygen atoms in total. The molecule has 16 heteroatoms. The highest BCUT2D eigenvalue weighted by Crippen LogP contribution is 2.53. The third-order valence-corrected chi connectivity index (χ3v) is 26.2. The Morgan fingerprint density at radius 3 is 0.587 bits per heavy atom. The molecule has 2 aliphatic heterocycles. The van der Waals surface area contributed by atoms with Gasteiger partial charge in [0.2, 0.25) is 0 Å². The lowest BCUT2D eigenvalue weighted by atomic mass is 9.80. The monoisotopic (exact) mass is 1850 g/mol. The SMILES string of the molecule is CC(C)(C)c1cc(Oc2cc3c(cc2Oc2cc(C(C)(C)C)cc(C(C)(C)C)c2)-c2nc-3nc3[nH]c(nc4nc(nc5[nH]c(n2)c2cc(Oc6cc(C(C)(C)C)cc(C(C)(C)C)c6)c(Oc6cc(C(C)(C)C)cc(C(C)(C)C)c6)cc52)-c2cc(Oc5cccc(O)c5)ccc2-4)c2cc(Oc4cc(C(C)(C)C)cc(C(C)(C)C)c4)c(Oc4cc(C(C)(C)C)cc(C(C)(C)C)c4)cc32)cc(C(C)(C)C)c1. The van der Waals surface area contributed by atoms with Crippen LogP contribution >= 0.6 is 0 Å². The molecule has 3 aromatic heterocycles. The normalized spacial score (nSPS) is 13.2. The van der Waals surface area contributed by atoms with Gasteiger partial charge in [-0.25, -0.2) is 29.9 Å². The van der Waals surface area contributed by atoms with Gasteiger partial charge in [-0.3, -0.25) is 0 Å². The molecule has 5 heterocycles. The minimum atomic E-state index is -0.269. The van der Waals surface area contributed by atoms with Crippen LogP contribution in [0.3, 0.4) is 0 Å². The first-order valence-electron chi connectivity index (χ1n) is 48.7. The topological polar surface area (TPSA) is 194 Å². The molecule has 0 spiro atoms. The van der Waals surface area contributed by atoms with Gasteiger partial charge in [0.15, 0.2) is 57.8 Å². The zero-order valence-electron chi connectivity index (χ0n) is 88.4. The van der Waals surface area contributed by atoms with Gasteiger partial charge in [-0.05, 0) is 271 Å². The average Bonchev–Trinajstić information content (AvgIpc) is 1.58. The minimum absolute atomic E-state index is 0.0531. The van der Waals surface area contributed by atoms with E-state index in [0.717, 1.165) is 66.8 Å².